The van der Waals surface area contributed by atoms with Gasteiger partial charge >= 0.3 is 0 Å². The number of benzene rings is 2. The molecule has 1 N–H and O–H groups in total. The highest BCUT2D eigenvalue weighted by Crippen LogP contribution is 2.26. The minimum atomic E-state index is -0.170. The number of hydrogen-bond donors (Lipinski definition) is 1. The van der Waals surface area contributed by atoms with Crippen molar-refractivity contribution in [3.8, 4) is 0 Å². The zero-order valence-electron chi connectivity index (χ0n) is 15.7. The van der Waals surface area contributed by atoms with E-state index in [4.69, 9.17) is 0 Å². The van der Waals surface area contributed by atoms with E-state index in [0.29, 0.717) is 30.4 Å². The molecule has 0 aliphatic carbocycles. The smallest absolute Gasteiger partial charge is 0.270 e. The third-order valence-electron chi connectivity index (χ3n) is 4.12. The van der Waals surface area contributed by atoms with Crippen molar-refractivity contribution < 1.29 is 4.79 Å². The summed E-state index contributed by atoms with van der Waals surface area (Å²) in [6, 6.07) is 22.0. The van der Waals surface area contributed by atoms with Crippen molar-refractivity contribution in [1.82, 2.24) is 15.3 Å². The van der Waals surface area contributed by atoms with E-state index in [0.717, 1.165) is 17.7 Å². The maximum atomic E-state index is 12.4. The van der Waals surface area contributed by atoms with Gasteiger partial charge in [-0.3, -0.25) is 4.79 Å². The first-order valence-electron chi connectivity index (χ1n) is 9.17. The Morgan fingerprint density at radius 2 is 1.67 bits per heavy atom. The topological polar surface area (TPSA) is 58.1 Å². The maximum Gasteiger partial charge on any atom is 0.270 e. The van der Waals surface area contributed by atoms with Crippen LogP contribution in [0.2, 0.25) is 0 Å². The molecule has 0 saturated heterocycles. The van der Waals surface area contributed by atoms with Crippen molar-refractivity contribution in [2.24, 2.45) is 0 Å². The number of aryl methyl sites for hydroxylation is 1. The fourth-order valence-corrected chi connectivity index (χ4v) is 2.81. The number of rotatable bonds is 7. The third kappa shape index (κ3) is 4.91. The van der Waals surface area contributed by atoms with Crippen LogP contribution >= 0.6 is 0 Å². The number of amides is 1. The van der Waals surface area contributed by atoms with Crippen molar-refractivity contribution in [3.05, 3.63) is 83.8 Å². The van der Waals surface area contributed by atoms with Gasteiger partial charge in [-0.15, -0.1) is 0 Å². The Kier molecular flexibility index (Phi) is 6.15. The zero-order valence-corrected chi connectivity index (χ0v) is 15.7. The predicted molar refractivity (Wildman–Crippen MR) is 108 cm³/mol. The number of aromatic nitrogens is 2. The molecule has 0 radical (unpaired) electrons. The van der Waals surface area contributed by atoms with Gasteiger partial charge in [0.25, 0.3) is 5.91 Å². The lowest BCUT2D eigenvalue weighted by molar-refractivity contribution is 0.0948. The molecule has 0 saturated carbocycles. The molecule has 1 aromatic heterocycles. The standard InChI is InChI=1S/C22H24N4O/c1-3-14-23-22(27)20-15-21(25-17(2)24-20)26(19-12-8-5-9-13-19)16-18-10-6-4-7-11-18/h4-13,15H,3,14,16H2,1-2H3,(H,23,27). The predicted octanol–water partition coefficient (Wildman–Crippen LogP) is 4.26. The lowest BCUT2D eigenvalue weighted by Gasteiger charge is -2.24. The molecule has 1 heterocycles. The number of nitrogens with zero attached hydrogens (tertiary/aromatic N) is 3. The van der Waals surface area contributed by atoms with Crippen LogP contribution < -0.4 is 10.2 Å². The van der Waals surface area contributed by atoms with Crippen molar-refractivity contribution in [3.63, 3.8) is 0 Å². The van der Waals surface area contributed by atoms with E-state index in [9.17, 15) is 4.79 Å². The van der Waals surface area contributed by atoms with E-state index in [2.05, 4.69) is 32.3 Å². The molecular formula is C22H24N4O. The molecule has 3 aromatic rings. The first-order chi connectivity index (χ1) is 13.2. The lowest BCUT2D eigenvalue weighted by Crippen LogP contribution is -2.26. The highest BCUT2D eigenvalue weighted by Gasteiger charge is 2.16. The number of para-hydroxylation sites is 1. The van der Waals surface area contributed by atoms with Crippen LogP contribution in [0.15, 0.2) is 66.7 Å². The Morgan fingerprint density at radius 1 is 1.00 bits per heavy atom. The van der Waals surface area contributed by atoms with E-state index in [1.165, 1.54) is 0 Å². The monoisotopic (exact) mass is 360 g/mol. The average Bonchev–Trinajstić information content (AvgIpc) is 2.71. The zero-order chi connectivity index (χ0) is 19.1. The molecule has 1 amide bonds. The Hall–Kier alpha value is -3.21. The molecule has 0 bridgehead atoms. The molecule has 138 valence electrons. The highest BCUT2D eigenvalue weighted by atomic mass is 16.1. The second-order valence-corrected chi connectivity index (χ2v) is 6.32. The normalized spacial score (nSPS) is 10.4. The molecule has 0 aliphatic rings. The summed E-state index contributed by atoms with van der Waals surface area (Å²) < 4.78 is 0. The Labute approximate surface area is 160 Å². The van der Waals surface area contributed by atoms with Gasteiger partial charge in [0.15, 0.2) is 0 Å². The van der Waals surface area contributed by atoms with Crippen molar-refractivity contribution in [2.75, 3.05) is 11.4 Å². The number of nitrogens with one attached hydrogen (secondary N) is 1. The molecule has 5 nitrogen and oxygen atoms in total. The third-order valence-corrected chi connectivity index (χ3v) is 4.12. The number of hydrogen-bond acceptors (Lipinski definition) is 4. The van der Waals surface area contributed by atoms with Crippen LogP contribution in [0, 0.1) is 6.92 Å². The summed E-state index contributed by atoms with van der Waals surface area (Å²) in [4.78, 5) is 23.4. The van der Waals surface area contributed by atoms with E-state index < -0.39 is 0 Å². The molecule has 0 aliphatic heterocycles. The van der Waals surface area contributed by atoms with Gasteiger partial charge in [-0.25, -0.2) is 9.97 Å². The summed E-state index contributed by atoms with van der Waals surface area (Å²) in [6.45, 7) is 5.11. The van der Waals surface area contributed by atoms with Gasteiger partial charge in [0, 0.05) is 24.8 Å². The molecule has 5 heteroatoms. The van der Waals surface area contributed by atoms with E-state index in [1.54, 1.807) is 6.07 Å². The van der Waals surface area contributed by atoms with Gasteiger partial charge in [-0.1, -0.05) is 55.5 Å². The van der Waals surface area contributed by atoms with Crippen LogP contribution in [0.3, 0.4) is 0 Å². The maximum absolute atomic E-state index is 12.4. The number of carbonyl (C=O) groups excluding carboxylic acids is 1. The van der Waals surface area contributed by atoms with Crippen molar-refractivity contribution in [2.45, 2.75) is 26.8 Å². The average molecular weight is 360 g/mol. The van der Waals surface area contributed by atoms with Crippen LogP contribution in [-0.4, -0.2) is 22.4 Å². The molecule has 0 unspecified atom stereocenters. The SMILES string of the molecule is CCCNC(=O)c1cc(N(Cc2ccccc2)c2ccccc2)nc(C)n1. The van der Waals surface area contributed by atoms with Gasteiger partial charge < -0.3 is 10.2 Å². The summed E-state index contributed by atoms with van der Waals surface area (Å²) in [5, 5.41) is 2.88. The van der Waals surface area contributed by atoms with Gasteiger partial charge in [-0.05, 0) is 31.0 Å². The summed E-state index contributed by atoms with van der Waals surface area (Å²) in [5.41, 5.74) is 2.56. The molecule has 0 atom stereocenters. The van der Waals surface area contributed by atoms with Crippen molar-refractivity contribution in [1.29, 1.82) is 0 Å². The number of anilines is 2. The van der Waals surface area contributed by atoms with Crippen LogP contribution in [0.4, 0.5) is 11.5 Å². The fraction of sp³-hybridized carbons (Fsp3) is 0.227. The molecule has 27 heavy (non-hydrogen) atoms. The van der Waals surface area contributed by atoms with Crippen LogP contribution in [0.1, 0.15) is 35.2 Å². The summed E-state index contributed by atoms with van der Waals surface area (Å²) >= 11 is 0. The second kappa shape index (κ2) is 8.94. The molecule has 2 aromatic carbocycles. The second-order valence-electron chi connectivity index (χ2n) is 6.32. The van der Waals surface area contributed by atoms with E-state index in [1.807, 2.05) is 62.4 Å². The summed E-state index contributed by atoms with van der Waals surface area (Å²) in [5.74, 6) is 1.11. The Bertz CT molecular complexity index is 881. The van der Waals surface area contributed by atoms with Crippen LogP contribution in [-0.2, 0) is 6.54 Å². The van der Waals surface area contributed by atoms with E-state index >= 15 is 0 Å². The van der Waals surface area contributed by atoms with Crippen LogP contribution in [0.5, 0.6) is 0 Å². The van der Waals surface area contributed by atoms with Crippen LogP contribution in [0.25, 0.3) is 0 Å². The molecule has 3 rings (SSSR count). The quantitative estimate of drug-likeness (QED) is 0.684. The van der Waals surface area contributed by atoms with E-state index in [-0.39, 0.29) is 5.91 Å². The van der Waals surface area contributed by atoms with Crippen molar-refractivity contribution >= 4 is 17.4 Å². The van der Waals surface area contributed by atoms with Gasteiger partial charge in [0.2, 0.25) is 0 Å². The first-order valence-corrected chi connectivity index (χ1v) is 9.17. The Morgan fingerprint density at radius 3 is 2.33 bits per heavy atom. The summed E-state index contributed by atoms with van der Waals surface area (Å²) in [6.07, 6.45) is 0.882. The highest BCUT2D eigenvalue weighted by molar-refractivity contribution is 5.93. The largest absolute Gasteiger partial charge is 0.351 e. The minimum absolute atomic E-state index is 0.170. The number of carbonyl (C=O) groups is 1. The Balaban J connectivity index is 1.99. The first kappa shape index (κ1) is 18.6. The minimum Gasteiger partial charge on any atom is -0.351 e. The lowest BCUT2D eigenvalue weighted by atomic mass is 10.2. The molecule has 0 fully saturated rings. The summed E-state index contributed by atoms with van der Waals surface area (Å²) in [7, 11) is 0. The molecule has 0 spiro atoms. The van der Waals surface area contributed by atoms with Gasteiger partial charge in [0.05, 0.1) is 0 Å². The molecular weight excluding hydrogens is 336 g/mol. The van der Waals surface area contributed by atoms with Gasteiger partial charge in [0.1, 0.15) is 17.3 Å². The fourth-order valence-electron chi connectivity index (χ4n) is 2.81. The van der Waals surface area contributed by atoms with Gasteiger partial charge in [-0.2, -0.15) is 0 Å².